The predicted octanol–water partition coefficient (Wildman–Crippen LogP) is 0.237. The zero-order valence-corrected chi connectivity index (χ0v) is 12.2. The van der Waals surface area contributed by atoms with E-state index < -0.39 is 0 Å². The molecule has 0 radical (unpaired) electrons. The lowest BCUT2D eigenvalue weighted by Crippen LogP contribution is -2.25. The van der Waals surface area contributed by atoms with Crippen molar-refractivity contribution < 1.29 is 4.79 Å². The van der Waals surface area contributed by atoms with Gasteiger partial charge in [-0.1, -0.05) is 0 Å². The zero-order chi connectivity index (χ0) is 15.0. The highest BCUT2D eigenvalue weighted by molar-refractivity contribution is 5.79. The number of nitrogens with zero attached hydrogens (tertiary/aromatic N) is 4. The summed E-state index contributed by atoms with van der Waals surface area (Å²) >= 11 is 0. The molecule has 0 saturated carbocycles. The van der Waals surface area contributed by atoms with E-state index in [0.717, 1.165) is 41.1 Å². The van der Waals surface area contributed by atoms with Crippen molar-refractivity contribution in [3.63, 3.8) is 0 Å². The molecule has 2 aromatic heterocycles. The number of hydrogen-bond donors (Lipinski definition) is 2. The SMILES string of the molecule is CCNC(=O)Cc1nn(C)c2c1CCc1cnc(N)nc1-2. The Morgan fingerprint density at radius 3 is 3.05 bits per heavy atom. The third-order valence-corrected chi connectivity index (χ3v) is 3.68. The Kier molecular flexibility index (Phi) is 3.32. The Bertz CT molecular complexity index is 706. The van der Waals surface area contributed by atoms with Gasteiger partial charge in [-0.2, -0.15) is 5.10 Å². The first kappa shape index (κ1) is 13.5. The second-order valence-corrected chi connectivity index (χ2v) is 5.13. The van der Waals surface area contributed by atoms with Crippen LogP contribution in [0.2, 0.25) is 0 Å². The van der Waals surface area contributed by atoms with E-state index in [0.29, 0.717) is 13.0 Å². The number of aromatic nitrogens is 4. The molecule has 0 bridgehead atoms. The summed E-state index contributed by atoms with van der Waals surface area (Å²) in [5.74, 6) is 0.250. The molecule has 0 atom stereocenters. The highest BCUT2D eigenvalue weighted by atomic mass is 16.1. The monoisotopic (exact) mass is 286 g/mol. The van der Waals surface area contributed by atoms with Gasteiger partial charge in [0, 0.05) is 25.4 Å². The summed E-state index contributed by atoms with van der Waals surface area (Å²) in [6.07, 6.45) is 3.76. The number of nitrogens with one attached hydrogen (secondary N) is 1. The van der Waals surface area contributed by atoms with E-state index >= 15 is 0 Å². The van der Waals surface area contributed by atoms with E-state index in [1.807, 2.05) is 14.0 Å². The number of nitrogens with two attached hydrogens (primary N) is 1. The largest absolute Gasteiger partial charge is 0.368 e. The molecule has 1 aliphatic carbocycles. The molecule has 110 valence electrons. The van der Waals surface area contributed by atoms with Crippen molar-refractivity contribution in [2.75, 3.05) is 12.3 Å². The van der Waals surface area contributed by atoms with Crippen molar-refractivity contribution >= 4 is 11.9 Å². The minimum atomic E-state index is -0.00796. The van der Waals surface area contributed by atoms with Crippen LogP contribution in [0, 0.1) is 0 Å². The van der Waals surface area contributed by atoms with Gasteiger partial charge in [-0.15, -0.1) is 0 Å². The number of hydrogen-bond acceptors (Lipinski definition) is 5. The molecule has 7 nitrogen and oxygen atoms in total. The highest BCUT2D eigenvalue weighted by Gasteiger charge is 2.26. The second kappa shape index (κ2) is 5.16. The first-order valence-electron chi connectivity index (χ1n) is 7.03. The number of rotatable bonds is 3. The van der Waals surface area contributed by atoms with Crippen LogP contribution in [0.25, 0.3) is 11.4 Å². The molecule has 0 saturated heterocycles. The average Bonchev–Trinajstić information content (AvgIpc) is 2.75. The summed E-state index contributed by atoms with van der Waals surface area (Å²) in [5, 5.41) is 7.30. The number of fused-ring (bicyclic) bond motifs is 3. The lowest BCUT2D eigenvalue weighted by Gasteiger charge is -2.16. The Balaban J connectivity index is 2.03. The van der Waals surface area contributed by atoms with Crippen LogP contribution < -0.4 is 11.1 Å². The lowest BCUT2D eigenvalue weighted by atomic mass is 9.92. The minimum absolute atomic E-state index is 0.00796. The van der Waals surface area contributed by atoms with Gasteiger partial charge >= 0.3 is 0 Å². The van der Waals surface area contributed by atoms with Crippen molar-refractivity contribution in [3.05, 3.63) is 23.0 Å². The molecule has 2 aromatic rings. The number of likely N-dealkylation sites (N-methyl/N-ethyl adjacent to an activating group) is 1. The molecule has 1 amide bonds. The summed E-state index contributed by atoms with van der Waals surface area (Å²) in [6.45, 7) is 2.53. The maximum atomic E-state index is 11.8. The van der Waals surface area contributed by atoms with Crippen molar-refractivity contribution in [2.45, 2.75) is 26.2 Å². The predicted molar refractivity (Wildman–Crippen MR) is 78.4 cm³/mol. The first-order valence-corrected chi connectivity index (χ1v) is 7.03. The standard InChI is InChI=1S/C14H18N6O/c1-3-16-11(21)6-10-9-5-4-8-7-17-14(15)18-12(8)13(9)20(2)19-10/h7H,3-6H2,1-2H3,(H,16,21)(H2,15,17,18). The van der Waals surface area contributed by atoms with Crippen LogP contribution >= 0.6 is 0 Å². The summed E-state index contributed by atoms with van der Waals surface area (Å²) < 4.78 is 1.79. The molecular formula is C14H18N6O. The number of carbonyl (C=O) groups is 1. The minimum Gasteiger partial charge on any atom is -0.368 e. The molecule has 2 heterocycles. The van der Waals surface area contributed by atoms with E-state index in [-0.39, 0.29) is 11.9 Å². The Morgan fingerprint density at radius 1 is 1.48 bits per heavy atom. The van der Waals surface area contributed by atoms with E-state index in [1.165, 1.54) is 0 Å². The molecule has 21 heavy (non-hydrogen) atoms. The molecule has 7 heteroatoms. The maximum Gasteiger partial charge on any atom is 0.226 e. The summed E-state index contributed by atoms with van der Waals surface area (Å²) in [6, 6.07) is 0. The Hall–Kier alpha value is -2.44. The maximum absolute atomic E-state index is 11.8. The van der Waals surface area contributed by atoms with E-state index in [1.54, 1.807) is 10.9 Å². The van der Waals surface area contributed by atoms with Crippen molar-refractivity contribution in [1.29, 1.82) is 0 Å². The highest BCUT2D eigenvalue weighted by Crippen LogP contribution is 2.33. The number of nitrogen functional groups attached to an aromatic ring is 1. The van der Waals surface area contributed by atoms with Crippen LogP contribution in [0.1, 0.15) is 23.7 Å². The molecule has 0 unspecified atom stereocenters. The van der Waals surface area contributed by atoms with Crippen molar-refractivity contribution in [3.8, 4) is 11.4 Å². The van der Waals surface area contributed by atoms with Gasteiger partial charge < -0.3 is 11.1 Å². The van der Waals surface area contributed by atoms with Crippen LogP contribution in [0.3, 0.4) is 0 Å². The third kappa shape index (κ3) is 2.35. The second-order valence-electron chi connectivity index (χ2n) is 5.13. The molecule has 3 N–H and O–H groups in total. The van der Waals surface area contributed by atoms with Gasteiger partial charge in [-0.05, 0) is 25.3 Å². The summed E-state index contributed by atoms with van der Waals surface area (Å²) in [5.41, 5.74) is 10.5. The van der Waals surface area contributed by atoms with Crippen molar-refractivity contribution in [1.82, 2.24) is 25.1 Å². The van der Waals surface area contributed by atoms with Gasteiger partial charge in [-0.25, -0.2) is 9.97 Å². The smallest absolute Gasteiger partial charge is 0.226 e. The van der Waals surface area contributed by atoms with Crippen LogP contribution in [0.4, 0.5) is 5.95 Å². The van der Waals surface area contributed by atoms with Gasteiger partial charge in [0.1, 0.15) is 0 Å². The van der Waals surface area contributed by atoms with Crippen LogP contribution in [0.15, 0.2) is 6.20 Å². The number of amides is 1. The molecule has 0 aromatic carbocycles. The van der Waals surface area contributed by atoms with Gasteiger partial charge in [-0.3, -0.25) is 9.48 Å². The van der Waals surface area contributed by atoms with Crippen LogP contribution in [-0.4, -0.2) is 32.2 Å². The summed E-state index contributed by atoms with van der Waals surface area (Å²) in [4.78, 5) is 20.2. The fourth-order valence-electron chi connectivity index (χ4n) is 2.80. The van der Waals surface area contributed by atoms with E-state index in [4.69, 9.17) is 5.73 Å². The fourth-order valence-corrected chi connectivity index (χ4v) is 2.80. The van der Waals surface area contributed by atoms with Crippen LogP contribution in [-0.2, 0) is 31.1 Å². The average molecular weight is 286 g/mol. The first-order chi connectivity index (χ1) is 10.1. The molecular weight excluding hydrogens is 268 g/mol. The Morgan fingerprint density at radius 2 is 2.29 bits per heavy atom. The van der Waals surface area contributed by atoms with Crippen molar-refractivity contribution in [2.24, 2.45) is 7.05 Å². The quantitative estimate of drug-likeness (QED) is 0.842. The fraction of sp³-hybridized carbons (Fsp3) is 0.429. The van der Waals surface area contributed by atoms with Gasteiger partial charge in [0.15, 0.2) is 0 Å². The molecule has 0 fully saturated rings. The van der Waals surface area contributed by atoms with Crippen LogP contribution in [0.5, 0.6) is 0 Å². The zero-order valence-electron chi connectivity index (χ0n) is 12.2. The summed E-state index contributed by atoms with van der Waals surface area (Å²) in [7, 11) is 1.87. The number of carbonyl (C=O) groups excluding carboxylic acids is 1. The lowest BCUT2D eigenvalue weighted by molar-refractivity contribution is -0.120. The number of aryl methyl sites for hydroxylation is 2. The van der Waals surface area contributed by atoms with Gasteiger partial charge in [0.25, 0.3) is 0 Å². The third-order valence-electron chi connectivity index (χ3n) is 3.68. The molecule has 0 aliphatic heterocycles. The molecule has 0 spiro atoms. The number of anilines is 1. The normalized spacial score (nSPS) is 12.7. The topological polar surface area (TPSA) is 98.7 Å². The van der Waals surface area contributed by atoms with Gasteiger partial charge in [0.05, 0.1) is 23.5 Å². The Labute approximate surface area is 122 Å². The van der Waals surface area contributed by atoms with Gasteiger partial charge in [0.2, 0.25) is 11.9 Å². The molecule has 1 aliphatic rings. The van der Waals surface area contributed by atoms with E-state index in [2.05, 4.69) is 20.4 Å². The molecule has 3 rings (SSSR count). The van der Waals surface area contributed by atoms with E-state index in [9.17, 15) is 4.79 Å².